The minimum Gasteiger partial charge on any atom is -0.351 e. The lowest BCUT2D eigenvalue weighted by Crippen LogP contribution is -2.40. The standard InChI is InChI=1S/C5H10N4O2/c1-3(2)8-9-5(11)7-4(6)10/h1-2H3,(H4,6,7,9,10,11). The summed E-state index contributed by atoms with van der Waals surface area (Å²) in [6.45, 7) is 3.40. The minimum absolute atomic E-state index is 0.671. The van der Waals surface area contributed by atoms with Gasteiger partial charge < -0.3 is 5.73 Å². The Morgan fingerprint density at radius 2 is 1.91 bits per heavy atom. The van der Waals surface area contributed by atoms with Crippen molar-refractivity contribution in [3.63, 3.8) is 0 Å². The summed E-state index contributed by atoms with van der Waals surface area (Å²) in [5, 5.41) is 5.30. The van der Waals surface area contributed by atoms with Gasteiger partial charge in [-0.05, 0) is 13.8 Å². The lowest BCUT2D eigenvalue weighted by molar-refractivity contribution is 0.232. The molecule has 0 unspecified atom stereocenters. The zero-order valence-electron chi connectivity index (χ0n) is 6.34. The lowest BCUT2D eigenvalue weighted by atomic mass is 10.5. The number of hydrogen-bond donors (Lipinski definition) is 3. The molecule has 4 amide bonds. The highest BCUT2D eigenvalue weighted by Crippen LogP contribution is 1.70. The van der Waals surface area contributed by atoms with Crippen molar-refractivity contribution in [2.45, 2.75) is 13.8 Å². The van der Waals surface area contributed by atoms with Crippen LogP contribution in [0.1, 0.15) is 13.8 Å². The zero-order chi connectivity index (χ0) is 8.85. The van der Waals surface area contributed by atoms with Crippen LogP contribution in [0.4, 0.5) is 9.59 Å². The van der Waals surface area contributed by atoms with Crippen LogP contribution in [-0.4, -0.2) is 17.8 Å². The molecule has 0 fully saturated rings. The van der Waals surface area contributed by atoms with Crippen molar-refractivity contribution in [2.75, 3.05) is 0 Å². The van der Waals surface area contributed by atoms with E-state index in [9.17, 15) is 9.59 Å². The van der Waals surface area contributed by atoms with Crippen molar-refractivity contribution in [2.24, 2.45) is 10.8 Å². The average Bonchev–Trinajstić information content (AvgIpc) is 1.82. The number of rotatable bonds is 1. The first kappa shape index (κ1) is 9.41. The van der Waals surface area contributed by atoms with Crippen molar-refractivity contribution in [3.05, 3.63) is 0 Å². The molecule has 0 saturated heterocycles. The molecule has 0 bridgehead atoms. The Morgan fingerprint density at radius 1 is 1.36 bits per heavy atom. The molecule has 0 saturated carbocycles. The van der Waals surface area contributed by atoms with Gasteiger partial charge in [0.05, 0.1) is 0 Å². The van der Waals surface area contributed by atoms with E-state index in [1.54, 1.807) is 19.2 Å². The molecule has 0 aliphatic carbocycles. The fourth-order valence-corrected chi connectivity index (χ4v) is 0.302. The number of hydrazone groups is 1. The number of primary amides is 1. The number of imide groups is 1. The van der Waals surface area contributed by atoms with Gasteiger partial charge in [-0.3, -0.25) is 5.32 Å². The monoisotopic (exact) mass is 158 g/mol. The number of carbonyl (C=O) groups is 2. The van der Waals surface area contributed by atoms with Gasteiger partial charge in [-0.2, -0.15) is 5.10 Å². The average molecular weight is 158 g/mol. The molecule has 0 aliphatic rings. The summed E-state index contributed by atoms with van der Waals surface area (Å²) in [7, 11) is 0. The van der Waals surface area contributed by atoms with Crippen LogP contribution in [0.5, 0.6) is 0 Å². The summed E-state index contributed by atoms with van der Waals surface area (Å²) in [6, 6.07) is -1.65. The maximum Gasteiger partial charge on any atom is 0.343 e. The first-order chi connectivity index (χ1) is 5.02. The van der Waals surface area contributed by atoms with Gasteiger partial charge in [0.1, 0.15) is 0 Å². The normalized spacial score (nSPS) is 8.18. The first-order valence-corrected chi connectivity index (χ1v) is 2.89. The molecule has 6 heteroatoms. The summed E-state index contributed by atoms with van der Waals surface area (Å²) in [4.78, 5) is 20.6. The molecule has 0 aromatic heterocycles. The molecule has 6 nitrogen and oxygen atoms in total. The van der Waals surface area contributed by atoms with Crippen LogP contribution in [-0.2, 0) is 0 Å². The number of nitrogens with zero attached hydrogens (tertiary/aromatic N) is 1. The highest BCUT2D eigenvalue weighted by Gasteiger charge is 1.99. The van der Waals surface area contributed by atoms with Crippen molar-refractivity contribution in [3.8, 4) is 0 Å². The maximum absolute atomic E-state index is 10.5. The van der Waals surface area contributed by atoms with Gasteiger partial charge in [-0.1, -0.05) is 0 Å². The van der Waals surface area contributed by atoms with E-state index in [1.807, 2.05) is 0 Å². The van der Waals surface area contributed by atoms with E-state index >= 15 is 0 Å². The van der Waals surface area contributed by atoms with E-state index in [0.717, 1.165) is 0 Å². The van der Waals surface area contributed by atoms with Gasteiger partial charge in [0.25, 0.3) is 0 Å². The Kier molecular flexibility index (Phi) is 3.65. The molecular weight excluding hydrogens is 148 g/mol. The molecule has 4 N–H and O–H groups in total. The third-order valence-corrected chi connectivity index (χ3v) is 0.618. The fourth-order valence-electron chi connectivity index (χ4n) is 0.302. The third kappa shape index (κ3) is 6.29. The zero-order valence-corrected chi connectivity index (χ0v) is 6.34. The van der Waals surface area contributed by atoms with Crippen molar-refractivity contribution >= 4 is 17.8 Å². The highest BCUT2D eigenvalue weighted by atomic mass is 16.2. The van der Waals surface area contributed by atoms with Crippen molar-refractivity contribution in [1.29, 1.82) is 0 Å². The van der Waals surface area contributed by atoms with E-state index in [1.165, 1.54) is 0 Å². The molecular formula is C5H10N4O2. The Labute approximate surface area is 63.8 Å². The minimum atomic E-state index is -0.911. The predicted octanol–water partition coefficient (Wildman–Crippen LogP) is -0.240. The topological polar surface area (TPSA) is 96.6 Å². The summed E-state index contributed by atoms with van der Waals surface area (Å²) >= 11 is 0. The smallest absolute Gasteiger partial charge is 0.343 e. The molecule has 0 atom stereocenters. The number of urea groups is 2. The van der Waals surface area contributed by atoms with Crippen molar-refractivity contribution < 1.29 is 9.59 Å². The molecule has 0 aliphatic heterocycles. The van der Waals surface area contributed by atoms with E-state index in [-0.39, 0.29) is 0 Å². The molecule has 0 rings (SSSR count). The Morgan fingerprint density at radius 3 is 2.27 bits per heavy atom. The second-order valence-electron chi connectivity index (χ2n) is 1.99. The number of nitrogens with one attached hydrogen (secondary N) is 2. The molecule has 0 heterocycles. The van der Waals surface area contributed by atoms with Gasteiger partial charge in [-0.15, -0.1) is 0 Å². The molecule has 0 aromatic rings. The lowest BCUT2D eigenvalue weighted by Gasteiger charge is -1.98. The van der Waals surface area contributed by atoms with Crippen LogP contribution >= 0.6 is 0 Å². The number of amides is 4. The molecule has 0 radical (unpaired) electrons. The van der Waals surface area contributed by atoms with Gasteiger partial charge in [0, 0.05) is 5.71 Å². The van der Waals surface area contributed by atoms with Crippen LogP contribution in [0.15, 0.2) is 5.10 Å². The molecule has 0 aromatic carbocycles. The number of hydrogen-bond acceptors (Lipinski definition) is 3. The molecule has 62 valence electrons. The Hall–Kier alpha value is -1.59. The predicted molar refractivity (Wildman–Crippen MR) is 40.0 cm³/mol. The maximum atomic E-state index is 10.5. The fraction of sp³-hybridized carbons (Fsp3) is 0.400. The third-order valence-electron chi connectivity index (χ3n) is 0.618. The van der Waals surface area contributed by atoms with Gasteiger partial charge in [0.15, 0.2) is 0 Å². The van der Waals surface area contributed by atoms with Crippen LogP contribution < -0.4 is 16.5 Å². The van der Waals surface area contributed by atoms with E-state index in [0.29, 0.717) is 5.71 Å². The van der Waals surface area contributed by atoms with E-state index in [2.05, 4.69) is 16.3 Å². The first-order valence-electron chi connectivity index (χ1n) is 2.89. The summed E-state index contributed by atoms with van der Waals surface area (Å²) < 4.78 is 0. The van der Waals surface area contributed by atoms with E-state index < -0.39 is 12.1 Å². The second kappa shape index (κ2) is 4.26. The summed E-state index contributed by atoms with van der Waals surface area (Å²) in [5.41, 5.74) is 7.36. The SMILES string of the molecule is CC(C)=NNC(=O)NC(N)=O. The molecule has 11 heavy (non-hydrogen) atoms. The summed E-state index contributed by atoms with van der Waals surface area (Å²) in [6.07, 6.45) is 0. The van der Waals surface area contributed by atoms with Gasteiger partial charge in [0.2, 0.25) is 0 Å². The summed E-state index contributed by atoms with van der Waals surface area (Å²) in [5.74, 6) is 0. The Balaban J connectivity index is 3.71. The van der Waals surface area contributed by atoms with Crippen LogP contribution in [0.2, 0.25) is 0 Å². The molecule has 0 spiro atoms. The quantitative estimate of drug-likeness (QED) is 0.362. The van der Waals surface area contributed by atoms with Gasteiger partial charge in [-0.25, -0.2) is 15.0 Å². The van der Waals surface area contributed by atoms with Crippen LogP contribution in [0, 0.1) is 0 Å². The number of carbonyl (C=O) groups excluding carboxylic acids is 2. The largest absolute Gasteiger partial charge is 0.351 e. The highest BCUT2D eigenvalue weighted by molar-refractivity contribution is 5.93. The Bertz CT molecular complexity index is 195. The van der Waals surface area contributed by atoms with E-state index in [4.69, 9.17) is 0 Å². The number of nitrogens with two attached hydrogens (primary N) is 1. The van der Waals surface area contributed by atoms with Crippen LogP contribution in [0.3, 0.4) is 0 Å². The van der Waals surface area contributed by atoms with Crippen molar-refractivity contribution in [1.82, 2.24) is 10.7 Å². The second-order valence-corrected chi connectivity index (χ2v) is 1.99. The van der Waals surface area contributed by atoms with Crippen LogP contribution in [0.25, 0.3) is 0 Å². The van der Waals surface area contributed by atoms with Gasteiger partial charge >= 0.3 is 12.1 Å².